The van der Waals surface area contributed by atoms with Gasteiger partial charge in [0, 0.05) is 36.4 Å². The van der Waals surface area contributed by atoms with E-state index in [1.807, 2.05) is 11.3 Å². The molecule has 0 saturated carbocycles. The maximum Gasteiger partial charge on any atom is 0.0971 e. The van der Waals surface area contributed by atoms with E-state index in [0.29, 0.717) is 0 Å². The normalized spacial score (nSPS) is 11.2. The summed E-state index contributed by atoms with van der Waals surface area (Å²) in [5.41, 5.74) is 2.66. The molecule has 2 aromatic rings. The van der Waals surface area contributed by atoms with Crippen molar-refractivity contribution in [3.05, 3.63) is 29.3 Å². The van der Waals surface area contributed by atoms with Crippen molar-refractivity contribution in [3.63, 3.8) is 0 Å². The average molecular weight is 305 g/mol. The van der Waals surface area contributed by atoms with Crippen LogP contribution in [-0.2, 0) is 11.3 Å². The first-order chi connectivity index (χ1) is 10.1. The molecule has 0 aliphatic carbocycles. The molecule has 1 aromatic heterocycles. The van der Waals surface area contributed by atoms with Crippen LogP contribution in [0.3, 0.4) is 0 Å². The number of aryl methyl sites for hydroxylation is 1. The van der Waals surface area contributed by atoms with Crippen molar-refractivity contribution in [1.82, 2.24) is 0 Å². The lowest BCUT2D eigenvalue weighted by Crippen LogP contribution is -2.09. The summed E-state index contributed by atoms with van der Waals surface area (Å²) < 4.78 is 7.30. The van der Waals surface area contributed by atoms with Gasteiger partial charge in [0.15, 0.2) is 0 Å². The second kappa shape index (κ2) is 7.81. The summed E-state index contributed by atoms with van der Waals surface area (Å²) in [5.74, 6) is 0. The molecule has 0 spiro atoms. The van der Waals surface area contributed by atoms with Gasteiger partial charge in [-0.15, -0.1) is 11.3 Å². The molecule has 0 bridgehead atoms. The van der Waals surface area contributed by atoms with Gasteiger partial charge in [-0.05, 0) is 25.0 Å². The molecule has 0 fully saturated rings. The van der Waals surface area contributed by atoms with E-state index >= 15 is 0 Å². The van der Waals surface area contributed by atoms with Crippen molar-refractivity contribution in [2.45, 2.75) is 46.1 Å². The third kappa shape index (κ3) is 4.21. The monoisotopic (exact) mass is 305 g/mol. The van der Waals surface area contributed by atoms with Crippen molar-refractivity contribution in [3.8, 4) is 0 Å². The van der Waals surface area contributed by atoms with Gasteiger partial charge in [-0.3, -0.25) is 0 Å². The highest BCUT2D eigenvalue weighted by Gasteiger charge is 2.13. The Labute approximate surface area is 132 Å². The van der Waals surface area contributed by atoms with Crippen LogP contribution in [-0.4, -0.2) is 20.7 Å². The lowest BCUT2D eigenvalue weighted by Gasteiger charge is -2.13. The lowest BCUT2D eigenvalue weighted by atomic mass is 10.1. The van der Waals surface area contributed by atoms with Gasteiger partial charge in [0.2, 0.25) is 0 Å². The number of rotatable bonds is 8. The molecular weight excluding hydrogens is 278 g/mol. The van der Waals surface area contributed by atoms with Crippen LogP contribution in [0.15, 0.2) is 18.2 Å². The molecule has 2 rings (SSSR count). The molecule has 0 N–H and O–H groups in total. The standard InChI is InChI=1S/C18H27NOS/c1-5-6-7-8-11-20-13-16-15-10-9-14(2)12-17(15)21-18(16)19(3)4/h9-10,12H,5-8,11,13H2,1-4H3. The van der Waals surface area contributed by atoms with E-state index < -0.39 is 0 Å². The third-order valence-electron chi connectivity index (χ3n) is 3.72. The Morgan fingerprint density at radius 2 is 1.95 bits per heavy atom. The van der Waals surface area contributed by atoms with Gasteiger partial charge in [-0.1, -0.05) is 38.3 Å². The number of thiophene rings is 1. The Morgan fingerprint density at radius 1 is 1.14 bits per heavy atom. The molecule has 0 atom stereocenters. The number of unbranched alkanes of at least 4 members (excludes halogenated alkanes) is 3. The van der Waals surface area contributed by atoms with Gasteiger partial charge in [0.25, 0.3) is 0 Å². The Kier molecular flexibility index (Phi) is 6.07. The summed E-state index contributed by atoms with van der Waals surface area (Å²) in [5, 5.41) is 2.67. The molecule has 0 amide bonds. The molecular formula is C18H27NOS. The third-order valence-corrected chi connectivity index (χ3v) is 5.08. The molecule has 0 radical (unpaired) electrons. The minimum atomic E-state index is 0.725. The number of benzene rings is 1. The fourth-order valence-electron chi connectivity index (χ4n) is 2.55. The first kappa shape index (κ1) is 16.3. The van der Waals surface area contributed by atoms with Crippen LogP contribution in [0.25, 0.3) is 10.1 Å². The second-order valence-corrected chi connectivity index (χ2v) is 6.92. The van der Waals surface area contributed by atoms with Crippen LogP contribution >= 0.6 is 11.3 Å². The summed E-state index contributed by atoms with van der Waals surface area (Å²) in [6.45, 7) is 5.99. The quantitative estimate of drug-likeness (QED) is 0.608. The molecule has 21 heavy (non-hydrogen) atoms. The second-order valence-electron chi connectivity index (χ2n) is 5.89. The highest BCUT2D eigenvalue weighted by Crippen LogP contribution is 2.38. The molecule has 0 aliphatic heterocycles. The molecule has 1 heterocycles. The molecule has 0 saturated heterocycles. The fraction of sp³-hybridized carbons (Fsp3) is 0.556. The molecule has 3 heteroatoms. The zero-order valence-corrected chi connectivity index (χ0v) is 14.6. The zero-order chi connectivity index (χ0) is 15.2. The first-order valence-electron chi connectivity index (χ1n) is 7.90. The predicted molar refractivity (Wildman–Crippen MR) is 94.7 cm³/mol. The van der Waals surface area contributed by atoms with E-state index in [1.165, 1.54) is 51.9 Å². The van der Waals surface area contributed by atoms with Gasteiger partial charge >= 0.3 is 0 Å². The number of hydrogen-bond donors (Lipinski definition) is 0. The predicted octanol–water partition coefficient (Wildman–Crippen LogP) is 5.37. The van der Waals surface area contributed by atoms with Crippen molar-refractivity contribution in [1.29, 1.82) is 0 Å². The molecule has 0 unspecified atom stereocenters. The van der Waals surface area contributed by atoms with Crippen LogP contribution in [0.5, 0.6) is 0 Å². The van der Waals surface area contributed by atoms with E-state index in [1.54, 1.807) is 0 Å². The van der Waals surface area contributed by atoms with Crippen molar-refractivity contribution >= 4 is 26.4 Å². The summed E-state index contributed by atoms with van der Waals surface area (Å²) in [6.07, 6.45) is 5.04. The Hall–Kier alpha value is -1.06. The van der Waals surface area contributed by atoms with Gasteiger partial charge in [0.05, 0.1) is 11.6 Å². The zero-order valence-electron chi connectivity index (χ0n) is 13.7. The fourth-order valence-corrected chi connectivity index (χ4v) is 3.78. The lowest BCUT2D eigenvalue weighted by molar-refractivity contribution is 0.118. The van der Waals surface area contributed by atoms with Crippen LogP contribution < -0.4 is 4.90 Å². The summed E-state index contributed by atoms with van der Waals surface area (Å²) >= 11 is 1.86. The summed E-state index contributed by atoms with van der Waals surface area (Å²) in [7, 11) is 4.23. The maximum absolute atomic E-state index is 5.93. The average Bonchev–Trinajstić information content (AvgIpc) is 2.80. The SMILES string of the molecule is CCCCCCOCc1c(N(C)C)sc2cc(C)ccc12. The highest BCUT2D eigenvalue weighted by molar-refractivity contribution is 7.23. The van der Waals surface area contributed by atoms with Gasteiger partial charge in [0.1, 0.15) is 0 Å². The Bertz CT molecular complexity index is 574. The van der Waals surface area contributed by atoms with E-state index in [-0.39, 0.29) is 0 Å². The number of hydrogen-bond acceptors (Lipinski definition) is 3. The summed E-state index contributed by atoms with van der Waals surface area (Å²) in [6, 6.07) is 6.71. The molecule has 116 valence electrons. The van der Waals surface area contributed by atoms with Crippen LogP contribution in [0.2, 0.25) is 0 Å². The van der Waals surface area contributed by atoms with Crippen molar-refractivity contribution < 1.29 is 4.74 Å². The minimum Gasteiger partial charge on any atom is -0.377 e. The number of ether oxygens (including phenoxy) is 1. The van der Waals surface area contributed by atoms with Crippen molar-refractivity contribution in [2.24, 2.45) is 0 Å². The van der Waals surface area contributed by atoms with E-state index in [0.717, 1.165) is 13.2 Å². The Balaban J connectivity index is 2.08. The van der Waals surface area contributed by atoms with E-state index in [2.05, 4.69) is 51.0 Å². The van der Waals surface area contributed by atoms with Crippen LogP contribution in [0.4, 0.5) is 5.00 Å². The maximum atomic E-state index is 5.93. The molecule has 2 nitrogen and oxygen atoms in total. The topological polar surface area (TPSA) is 12.5 Å². The summed E-state index contributed by atoms with van der Waals surface area (Å²) in [4.78, 5) is 2.20. The first-order valence-corrected chi connectivity index (χ1v) is 8.72. The smallest absolute Gasteiger partial charge is 0.0971 e. The number of anilines is 1. The van der Waals surface area contributed by atoms with Crippen LogP contribution in [0, 0.1) is 6.92 Å². The van der Waals surface area contributed by atoms with Gasteiger partial charge in [-0.2, -0.15) is 0 Å². The van der Waals surface area contributed by atoms with Crippen molar-refractivity contribution in [2.75, 3.05) is 25.6 Å². The van der Waals surface area contributed by atoms with E-state index in [4.69, 9.17) is 4.74 Å². The van der Waals surface area contributed by atoms with Gasteiger partial charge in [-0.25, -0.2) is 0 Å². The molecule has 1 aromatic carbocycles. The van der Waals surface area contributed by atoms with E-state index in [9.17, 15) is 0 Å². The Morgan fingerprint density at radius 3 is 2.67 bits per heavy atom. The number of nitrogens with zero attached hydrogens (tertiary/aromatic N) is 1. The van der Waals surface area contributed by atoms with Gasteiger partial charge < -0.3 is 9.64 Å². The van der Waals surface area contributed by atoms with Crippen LogP contribution in [0.1, 0.15) is 43.7 Å². The number of fused-ring (bicyclic) bond motifs is 1. The minimum absolute atomic E-state index is 0.725. The molecule has 0 aliphatic rings. The largest absolute Gasteiger partial charge is 0.377 e. The highest BCUT2D eigenvalue weighted by atomic mass is 32.1.